The Bertz CT molecular complexity index is 1220. The van der Waals surface area contributed by atoms with E-state index in [1.165, 1.54) is 50.6 Å². The number of benzene rings is 1. The van der Waals surface area contributed by atoms with Crippen molar-refractivity contribution >= 4 is 29.4 Å². The van der Waals surface area contributed by atoms with Gasteiger partial charge < -0.3 is 19.1 Å². The van der Waals surface area contributed by atoms with E-state index in [-0.39, 0.29) is 28.4 Å². The molecule has 38 heavy (non-hydrogen) atoms. The van der Waals surface area contributed by atoms with Gasteiger partial charge >= 0.3 is 18.1 Å². The fourth-order valence-electron chi connectivity index (χ4n) is 3.42. The van der Waals surface area contributed by atoms with Crippen LogP contribution >= 0.6 is 11.6 Å². The third kappa shape index (κ3) is 7.75. The molecule has 1 aromatic carbocycles. The average Bonchev–Trinajstić information content (AvgIpc) is 2.93. The summed E-state index contributed by atoms with van der Waals surface area (Å²) in [4.78, 5) is 24.1. The van der Waals surface area contributed by atoms with Crippen LogP contribution < -0.4 is 9.64 Å². The molecule has 0 radical (unpaired) electrons. The average molecular weight is 554 g/mol. The number of nitrogens with zero attached hydrogens (tertiary/aromatic N) is 5. The first-order valence-corrected chi connectivity index (χ1v) is 11.6. The number of hydrogen-bond acceptors (Lipinski definition) is 10. The first-order chi connectivity index (χ1) is 18.1. The highest BCUT2D eigenvalue weighted by Gasteiger charge is 2.35. The maximum absolute atomic E-state index is 13.1. The lowest BCUT2D eigenvalue weighted by Gasteiger charge is -2.33. The van der Waals surface area contributed by atoms with Crippen LogP contribution in [0.2, 0.25) is 5.15 Å². The van der Waals surface area contributed by atoms with Gasteiger partial charge in [0.15, 0.2) is 22.4 Å². The fourth-order valence-corrected chi connectivity index (χ4v) is 3.52. The molecule has 4 rings (SSSR count). The highest BCUT2D eigenvalue weighted by atomic mass is 35.5. The second-order valence-corrected chi connectivity index (χ2v) is 8.19. The van der Waals surface area contributed by atoms with Crippen molar-refractivity contribution in [3.05, 3.63) is 70.6 Å². The molecule has 0 aliphatic carbocycles. The van der Waals surface area contributed by atoms with Gasteiger partial charge in [-0.2, -0.15) is 13.2 Å². The topological polar surface area (TPSA) is 117 Å². The summed E-state index contributed by atoms with van der Waals surface area (Å²) in [6.45, 7) is 1.12. The molecule has 0 N–H and O–H groups in total. The Kier molecular flexibility index (Phi) is 9.77. The molecule has 2 aromatic heterocycles. The minimum absolute atomic E-state index is 0.114. The number of ether oxygens (including phenoxy) is 3. The predicted octanol–water partition coefficient (Wildman–Crippen LogP) is 4.25. The summed E-state index contributed by atoms with van der Waals surface area (Å²) in [5.41, 5.74) is -0.503. The molecular weight excluding hydrogens is 531 g/mol. The van der Waals surface area contributed by atoms with Gasteiger partial charge in [-0.3, -0.25) is 0 Å². The molecule has 0 atom stereocenters. The molecule has 1 aliphatic heterocycles. The number of methoxy groups -OCH3 is 2. The van der Waals surface area contributed by atoms with Crippen molar-refractivity contribution in [1.82, 2.24) is 20.4 Å². The van der Waals surface area contributed by atoms with E-state index in [1.807, 2.05) is 4.90 Å². The Balaban J connectivity index is 0.000000304. The molecule has 202 valence electrons. The molecule has 14 heteroatoms. The first kappa shape index (κ1) is 28.6. The molecule has 1 fully saturated rings. The third-order valence-corrected chi connectivity index (χ3v) is 5.53. The third-order valence-electron chi connectivity index (χ3n) is 5.32. The number of hydrogen-bond donors (Lipinski definition) is 0. The summed E-state index contributed by atoms with van der Waals surface area (Å²) in [5.74, 6) is -0.638. The summed E-state index contributed by atoms with van der Waals surface area (Å²) in [7, 11) is 2.54. The minimum Gasteiger partial charge on any atom is -0.490 e. The lowest BCUT2D eigenvalue weighted by Crippen LogP contribution is -2.39. The van der Waals surface area contributed by atoms with Crippen LogP contribution in [-0.2, 0) is 15.7 Å². The van der Waals surface area contributed by atoms with Crippen LogP contribution in [0.1, 0.15) is 39.4 Å². The lowest BCUT2D eigenvalue weighted by molar-refractivity contribution is -0.139. The van der Waals surface area contributed by atoms with Gasteiger partial charge in [0, 0.05) is 25.9 Å². The number of rotatable bonds is 5. The number of anilines is 1. The van der Waals surface area contributed by atoms with Crippen LogP contribution in [0.3, 0.4) is 0 Å². The maximum Gasteiger partial charge on any atom is 0.419 e. The molecule has 0 bridgehead atoms. The summed E-state index contributed by atoms with van der Waals surface area (Å²) < 4.78 is 53.8. The van der Waals surface area contributed by atoms with Gasteiger partial charge in [-0.15, -0.1) is 20.4 Å². The largest absolute Gasteiger partial charge is 0.490 e. The first-order valence-electron chi connectivity index (χ1n) is 11.2. The van der Waals surface area contributed by atoms with Gasteiger partial charge in [-0.1, -0.05) is 23.7 Å². The van der Waals surface area contributed by atoms with Crippen molar-refractivity contribution in [3.63, 3.8) is 0 Å². The monoisotopic (exact) mass is 553 g/mol. The number of alkyl halides is 3. The van der Waals surface area contributed by atoms with Crippen molar-refractivity contribution in [2.24, 2.45) is 0 Å². The van der Waals surface area contributed by atoms with E-state index < -0.39 is 23.7 Å². The minimum atomic E-state index is -4.45. The van der Waals surface area contributed by atoms with Gasteiger partial charge in [0.2, 0.25) is 0 Å². The van der Waals surface area contributed by atoms with Crippen LogP contribution in [-0.4, -0.2) is 65.7 Å². The number of carbonyl (C=O) groups excluding carboxylic acids is 2. The molecule has 10 nitrogen and oxygen atoms in total. The molecule has 3 heterocycles. The quantitative estimate of drug-likeness (QED) is 0.424. The number of halogens is 4. The van der Waals surface area contributed by atoms with E-state index in [2.05, 4.69) is 29.9 Å². The number of para-hydroxylation sites is 1. The Labute approximate surface area is 220 Å². The van der Waals surface area contributed by atoms with Gasteiger partial charge in [0.25, 0.3) is 0 Å². The van der Waals surface area contributed by atoms with Crippen LogP contribution in [0.5, 0.6) is 5.75 Å². The van der Waals surface area contributed by atoms with Gasteiger partial charge in [0.1, 0.15) is 11.9 Å². The van der Waals surface area contributed by atoms with Crippen molar-refractivity contribution in [3.8, 4) is 5.75 Å². The van der Waals surface area contributed by atoms with Crippen molar-refractivity contribution in [2.75, 3.05) is 32.2 Å². The van der Waals surface area contributed by atoms with Crippen LogP contribution in [0.15, 0.2) is 48.5 Å². The van der Waals surface area contributed by atoms with E-state index in [4.69, 9.17) is 16.3 Å². The normalized spacial score (nSPS) is 13.7. The van der Waals surface area contributed by atoms with Gasteiger partial charge in [-0.25, -0.2) is 9.59 Å². The summed E-state index contributed by atoms with van der Waals surface area (Å²) in [5, 5.41) is 15.0. The summed E-state index contributed by atoms with van der Waals surface area (Å²) >= 11 is 5.43. The van der Waals surface area contributed by atoms with Gasteiger partial charge in [-0.05, 0) is 36.4 Å². The maximum atomic E-state index is 13.1. The molecule has 1 aliphatic rings. The molecule has 0 spiro atoms. The number of aromatic nitrogens is 4. The zero-order valence-electron chi connectivity index (χ0n) is 20.3. The smallest absolute Gasteiger partial charge is 0.419 e. The van der Waals surface area contributed by atoms with E-state index in [0.717, 1.165) is 6.07 Å². The van der Waals surface area contributed by atoms with Crippen molar-refractivity contribution in [2.45, 2.75) is 25.1 Å². The Morgan fingerprint density at radius 3 is 1.95 bits per heavy atom. The number of esters is 2. The van der Waals surface area contributed by atoms with Crippen LogP contribution in [0.25, 0.3) is 0 Å². The van der Waals surface area contributed by atoms with Crippen molar-refractivity contribution in [1.29, 1.82) is 0 Å². The summed E-state index contributed by atoms with van der Waals surface area (Å²) in [6, 6.07) is 11.3. The molecular formula is C24H23ClF3N5O5. The molecule has 1 saturated heterocycles. The molecule has 3 aromatic rings. The predicted molar refractivity (Wildman–Crippen MR) is 129 cm³/mol. The second-order valence-electron chi connectivity index (χ2n) is 7.80. The van der Waals surface area contributed by atoms with E-state index in [1.54, 1.807) is 6.07 Å². The Morgan fingerprint density at radius 1 is 0.868 bits per heavy atom. The van der Waals surface area contributed by atoms with Crippen LogP contribution in [0, 0.1) is 0 Å². The summed E-state index contributed by atoms with van der Waals surface area (Å²) in [6.07, 6.45) is -3.67. The standard InChI is InChI=1S/C18H18F3N3O3.C6H5ClN2O2/c1-26-17(25)14-6-7-16(23-22-14)24-10-8-12(9-11-24)27-15-5-3-2-4-13(15)18(19,20)21;1-11-6(10)4-2-3-5(7)9-8-4/h2-7,12H,8-11H2,1H3;2-3H,1H3. The van der Waals surface area contributed by atoms with E-state index >= 15 is 0 Å². The van der Waals surface area contributed by atoms with E-state index in [0.29, 0.717) is 31.7 Å². The second kappa shape index (κ2) is 13.0. The number of carbonyl (C=O) groups is 2. The van der Waals surface area contributed by atoms with Crippen LogP contribution in [0.4, 0.5) is 19.0 Å². The Hall–Kier alpha value is -4.00. The van der Waals surface area contributed by atoms with Crippen molar-refractivity contribution < 1.29 is 37.0 Å². The highest BCUT2D eigenvalue weighted by Crippen LogP contribution is 2.37. The SMILES string of the molecule is COC(=O)c1ccc(Cl)nn1.COC(=O)c1ccc(N2CCC(Oc3ccccc3C(F)(F)F)CC2)nn1. The zero-order chi connectivity index (χ0) is 27.7. The van der Waals surface area contributed by atoms with E-state index in [9.17, 15) is 22.8 Å². The molecule has 0 unspecified atom stereocenters. The highest BCUT2D eigenvalue weighted by molar-refractivity contribution is 6.29. The molecule has 0 saturated carbocycles. The number of piperidine rings is 1. The zero-order valence-corrected chi connectivity index (χ0v) is 21.1. The molecule has 0 amide bonds. The lowest BCUT2D eigenvalue weighted by atomic mass is 10.1. The Morgan fingerprint density at radius 2 is 1.45 bits per heavy atom. The van der Waals surface area contributed by atoms with Gasteiger partial charge in [0.05, 0.1) is 19.8 Å². The fraction of sp³-hybridized carbons (Fsp3) is 0.333.